The van der Waals surface area contributed by atoms with Crippen LogP contribution in [0.4, 0.5) is 5.69 Å². The van der Waals surface area contributed by atoms with Crippen molar-refractivity contribution < 1.29 is 4.42 Å². The van der Waals surface area contributed by atoms with Crippen LogP contribution in [-0.2, 0) is 6.54 Å². The molecule has 1 N–H and O–H groups in total. The molecule has 1 aliphatic carbocycles. The van der Waals surface area contributed by atoms with Crippen LogP contribution in [-0.4, -0.2) is 0 Å². The van der Waals surface area contributed by atoms with Crippen molar-refractivity contribution in [3.05, 3.63) is 53.5 Å². The third kappa shape index (κ3) is 2.28. The van der Waals surface area contributed by atoms with Crippen LogP contribution in [0.15, 0.2) is 40.8 Å². The number of anilines is 1. The molecule has 0 amide bonds. The van der Waals surface area contributed by atoms with Gasteiger partial charge in [-0.3, -0.25) is 0 Å². The highest BCUT2D eigenvalue weighted by molar-refractivity contribution is 5.50. The molecule has 1 heterocycles. The predicted molar refractivity (Wildman–Crippen MR) is 73.7 cm³/mol. The van der Waals surface area contributed by atoms with Crippen LogP contribution in [0.1, 0.15) is 36.3 Å². The number of hydrogen-bond donors (Lipinski definition) is 1. The van der Waals surface area contributed by atoms with Crippen molar-refractivity contribution in [2.45, 2.75) is 32.7 Å². The lowest BCUT2D eigenvalue weighted by molar-refractivity contribution is 0.468. The van der Waals surface area contributed by atoms with Gasteiger partial charge in [-0.1, -0.05) is 25.1 Å². The lowest BCUT2D eigenvalue weighted by atomic mass is 10.2. The van der Waals surface area contributed by atoms with E-state index in [0.717, 1.165) is 24.0 Å². The first-order valence-corrected chi connectivity index (χ1v) is 6.62. The van der Waals surface area contributed by atoms with Gasteiger partial charge in [0.25, 0.3) is 0 Å². The Morgan fingerprint density at radius 3 is 2.72 bits per heavy atom. The van der Waals surface area contributed by atoms with Crippen LogP contribution < -0.4 is 5.32 Å². The van der Waals surface area contributed by atoms with Crippen LogP contribution in [0.2, 0.25) is 0 Å². The SMILES string of the molecule is Cc1ccccc1NCc1ccc(C2CC2C)o1. The highest BCUT2D eigenvalue weighted by Gasteiger charge is 2.36. The topological polar surface area (TPSA) is 25.2 Å². The lowest BCUT2D eigenvalue weighted by Gasteiger charge is -2.07. The molecule has 2 atom stereocenters. The maximum Gasteiger partial charge on any atom is 0.123 e. The number of hydrogen-bond acceptors (Lipinski definition) is 2. The van der Waals surface area contributed by atoms with Crippen molar-refractivity contribution >= 4 is 5.69 Å². The van der Waals surface area contributed by atoms with Gasteiger partial charge in [-0.15, -0.1) is 0 Å². The van der Waals surface area contributed by atoms with Gasteiger partial charge in [0, 0.05) is 11.6 Å². The van der Waals surface area contributed by atoms with Crippen LogP contribution >= 0.6 is 0 Å². The summed E-state index contributed by atoms with van der Waals surface area (Å²) in [5.74, 6) is 3.64. The van der Waals surface area contributed by atoms with Gasteiger partial charge in [-0.2, -0.15) is 0 Å². The van der Waals surface area contributed by atoms with E-state index >= 15 is 0 Å². The van der Waals surface area contributed by atoms with E-state index in [-0.39, 0.29) is 0 Å². The molecule has 0 spiro atoms. The van der Waals surface area contributed by atoms with Crippen molar-refractivity contribution in [3.63, 3.8) is 0 Å². The smallest absolute Gasteiger partial charge is 0.123 e. The summed E-state index contributed by atoms with van der Waals surface area (Å²) in [7, 11) is 0. The van der Waals surface area contributed by atoms with E-state index in [2.05, 4.69) is 55.6 Å². The monoisotopic (exact) mass is 241 g/mol. The summed E-state index contributed by atoms with van der Waals surface area (Å²) >= 11 is 0. The van der Waals surface area contributed by atoms with E-state index in [1.54, 1.807) is 0 Å². The Morgan fingerprint density at radius 2 is 2.00 bits per heavy atom. The summed E-state index contributed by atoms with van der Waals surface area (Å²) in [5.41, 5.74) is 2.44. The molecule has 2 heteroatoms. The molecular formula is C16H19NO. The zero-order valence-electron chi connectivity index (χ0n) is 10.9. The second-order valence-corrected chi connectivity index (χ2v) is 5.29. The van der Waals surface area contributed by atoms with Gasteiger partial charge in [0.15, 0.2) is 0 Å². The Hall–Kier alpha value is -1.70. The molecule has 0 aliphatic heterocycles. The molecule has 1 aromatic carbocycles. The minimum atomic E-state index is 0.664. The Labute approximate surface area is 108 Å². The Kier molecular flexibility index (Phi) is 2.86. The number of furan rings is 1. The molecule has 1 aliphatic rings. The van der Waals surface area contributed by atoms with Crippen molar-refractivity contribution in [1.82, 2.24) is 0 Å². The highest BCUT2D eigenvalue weighted by Crippen LogP contribution is 2.47. The van der Waals surface area contributed by atoms with Crippen molar-refractivity contribution in [2.24, 2.45) is 5.92 Å². The lowest BCUT2D eigenvalue weighted by Crippen LogP contribution is -1.99. The molecule has 2 unspecified atom stereocenters. The van der Waals surface area contributed by atoms with E-state index in [1.165, 1.54) is 17.7 Å². The van der Waals surface area contributed by atoms with Crippen molar-refractivity contribution in [2.75, 3.05) is 5.32 Å². The number of nitrogens with one attached hydrogen (secondary N) is 1. The quantitative estimate of drug-likeness (QED) is 0.862. The summed E-state index contributed by atoms with van der Waals surface area (Å²) < 4.78 is 5.88. The van der Waals surface area contributed by atoms with Gasteiger partial charge in [-0.25, -0.2) is 0 Å². The average molecular weight is 241 g/mol. The van der Waals surface area contributed by atoms with Crippen LogP contribution in [0, 0.1) is 12.8 Å². The molecule has 1 saturated carbocycles. The van der Waals surface area contributed by atoms with Gasteiger partial charge < -0.3 is 9.73 Å². The first-order valence-electron chi connectivity index (χ1n) is 6.62. The van der Waals surface area contributed by atoms with E-state index in [0.29, 0.717) is 5.92 Å². The zero-order valence-corrected chi connectivity index (χ0v) is 10.9. The molecule has 18 heavy (non-hydrogen) atoms. The molecule has 2 nitrogen and oxygen atoms in total. The summed E-state index contributed by atoms with van der Waals surface area (Å²) in [6.07, 6.45) is 1.28. The standard InChI is InChI=1S/C16H19NO/c1-11-5-3-4-6-15(11)17-10-13-7-8-16(18-13)14-9-12(14)2/h3-8,12,14,17H,9-10H2,1-2H3. The molecule has 2 aromatic rings. The molecule has 94 valence electrons. The third-order valence-corrected chi connectivity index (χ3v) is 3.76. The maximum atomic E-state index is 5.88. The van der Waals surface area contributed by atoms with Gasteiger partial charge in [-0.05, 0) is 43.0 Å². The second kappa shape index (κ2) is 4.52. The predicted octanol–water partition coefficient (Wildman–Crippen LogP) is 4.32. The first-order chi connectivity index (χ1) is 8.74. The first kappa shape index (κ1) is 11.4. The summed E-state index contributed by atoms with van der Waals surface area (Å²) in [5, 5.41) is 3.42. The van der Waals surface area contributed by atoms with E-state index < -0.39 is 0 Å². The third-order valence-electron chi connectivity index (χ3n) is 3.76. The zero-order chi connectivity index (χ0) is 12.5. The van der Waals surface area contributed by atoms with Crippen LogP contribution in [0.3, 0.4) is 0 Å². The van der Waals surface area contributed by atoms with E-state index in [9.17, 15) is 0 Å². The highest BCUT2D eigenvalue weighted by atomic mass is 16.3. The molecule has 0 radical (unpaired) electrons. The Balaban J connectivity index is 1.63. The van der Waals surface area contributed by atoms with E-state index in [4.69, 9.17) is 4.42 Å². The second-order valence-electron chi connectivity index (χ2n) is 5.29. The van der Waals surface area contributed by atoms with Crippen molar-refractivity contribution in [3.8, 4) is 0 Å². The largest absolute Gasteiger partial charge is 0.464 e. The molecule has 3 rings (SSSR count). The Bertz CT molecular complexity index is 544. The van der Waals surface area contributed by atoms with Crippen molar-refractivity contribution in [1.29, 1.82) is 0 Å². The van der Waals surface area contributed by atoms with Gasteiger partial charge in [0.05, 0.1) is 6.54 Å². The fourth-order valence-corrected chi connectivity index (χ4v) is 2.36. The van der Waals surface area contributed by atoms with Crippen LogP contribution in [0.5, 0.6) is 0 Å². The molecule has 0 bridgehead atoms. The fourth-order valence-electron chi connectivity index (χ4n) is 2.36. The molecule has 1 fully saturated rings. The molecular weight excluding hydrogens is 222 g/mol. The number of rotatable bonds is 4. The number of benzene rings is 1. The minimum absolute atomic E-state index is 0.664. The van der Waals surface area contributed by atoms with Gasteiger partial charge >= 0.3 is 0 Å². The number of aryl methyl sites for hydroxylation is 1. The van der Waals surface area contributed by atoms with Gasteiger partial charge in [0.2, 0.25) is 0 Å². The summed E-state index contributed by atoms with van der Waals surface area (Å²) in [4.78, 5) is 0. The summed E-state index contributed by atoms with van der Waals surface area (Å²) in [6.45, 7) is 5.15. The molecule has 0 saturated heterocycles. The maximum absolute atomic E-state index is 5.88. The fraction of sp³-hybridized carbons (Fsp3) is 0.375. The Morgan fingerprint density at radius 1 is 1.22 bits per heavy atom. The normalized spacial score (nSPS) is 21.9. The van der Waals surface area contributed by atoms with Gasteiger partial charge in [0.1, 0.15) is 11.5 Å². The minimum Gasteiger partial charge on any atom is -0.464 e. The summed E-state index contributed by atoms with van der Waals surface area (Å²) in [6, 6.07) is 12.5. The average Bonchev–Trinajstić information content (AvgIpc) is 2.91. The van der Waals surface area contributed by atoms with Crippen LogP contribution in [0.25, 0.3) is 0 Å². The molecule has 1 aromatic heterocycles. The number of para-hydroxylation sites is 1. The van der Waals surface area contributed by atoms with E-state index in [1.807, 2.05) is 0 Å².